The summed E-state index contributed by atoms with van der Waals surface area (Å²) in [5.41, 5.74) is 7.55. The summed E-state index contributed by atoms with van der Waals surface area (Å²) >= 11 is 3.02. The Kier molecular flexibility index (Phi) is 4.86. The van der Waals surface area contributed by atoms with Crippen LogP contribution in [0, 0.1) is 5.92 Å². The number of furan rings is 1. The molecule has 1 aliphatic rings. The maximum atomic E-state index is 12.0. The molecule has 6 nitrogen and oxygen atoms in total. The molecule has 26 heavy (non-hydrogen) atoms. The van der Waals surface area contributed by atoms with Crippen LogP contribution in [0.15, 0.2) is 28.0 Å². The van der Waals surface area contributed by atoms with Crippen molar-refractivity contribution in [2.45, 2.75) is 37.9 Å². The molecule has 0 unspecified atom stereocenters. The highest BCUT2D eigenvalue weighted by Crippen LogP contribution is 2.39. The van der Waals surface area contributed by atoms with Crippen molar-refractivity contribution in [3.05, 3.63) is 34.6 Å². The van der Waals surface area contributed by atoms with E-state index in [1.54, 1.807) is 23.7 Å². The molecule has 3 aromatic heterocycles. The third-order valence-electron chi connectivity index (χ3n) is 4.53. The summed E-state index contributed by atoms with van der Waals surface area (Å²) in [6.07, 6.45) is 4.91. The van der Waals surface area contributed by atoms with Gasteiger partial charge in [-0.05, 0) is 42.9 Å². The Morgan fingerprint density at radius 3 is 3.19 bits per heavy atom. The Balaban J connectivity index is 1.44. The van der Waals surface area contributed by atoms with Crippen LogP contribution in [-0.2, 0) is 24.2 Å². The fourth-order valence-electron chi connectivity index (χ4n) is 3.19. The fourth-order valence-corrected chi connectivity index (χ4v) is 5.32. The SMILES string of the molecule is C[C@H]1CCc2c(sc3nc(SCC(=O)NCc4ccco4)nc(N)c23)C1. The molecule has 0 radical (unpaired) electrons. The van der Waals surface area contributed by atoms with E-state index < -0.39 is 0 Å². The van der Waals surface area contributed by atoms with Gasteiger partial charge >= 0.3 is 0 Å². The molecule has 0 aromatic carbocycles. The number of thioether (sulfide) groups is 1. The second-order valence-electron chi connectivity index (χ2n) is 6.57. The summed E-state index contributed by atoms with van der Waals surface area (Å²) in [5, 5.41) is 4.38. The first-order chi connectivity index (χ1) is 12.6. The van der Waals surface area contributed by atoms with E-state index in [0.29, 0.717) is 23.4 Å². The smallest absolute Gasteiger partial charge is 0.230 e. The molecule has 0 spiro atoms. The normalized spacial score (nSPS) is 16.6. The number of carbonyl (C=O) groups is 1. The molecule has 3 aromatic rings. The van der Waals surface area contributed by atoms with E-state index in [2.05, 4.69) is 22.2 Å². The number of nitrogen functional groups attached to an aromatic ring is 1. The van der Waals surface area contributed by atoms with Gasteiger partial charge in [0.1, 0.15) is 16.4 Å². The highest BCUT2D eigenvalue weighted by atomic mass is 32.2. The van der Waals surface area contributed by atoms with Crippen molar-refractivity contribution < 1.29 is 9.21 Å². The Morgan fingerprint density at radius 2 is 2.38 bits per heavy atom. The van der Waals surface area contributed by atoms with Gasteiger partial charge in [0.2, 0.25) is 5.91 Å². The molecule has 0 aliphatic heterocycles. The van der Waals surface area contributed by atoms with Crippen molar-refractivity contribution in [3.8, 4) is 0 Å². The predicted molar refractivity (Wildman–Crippen MR) is 104 cm³/mol. The third kappa shape index (κ3) is 3.57. The first-order valence-corrected chi connectivity index (χ1v) is 10.4. The Hall–Kier alpha value is -2.06. The molecule has 0 saturated carbocycles. The van der Waals surface area contributed by atoms with Gasteiger partial charge in [0.25, 0.3) is 0 Å². The number of aryl methyl sites for hydroxylation is 1. The Labute approximate surface area is 159 Å². The minimum Gasteiger partial charge on any atom is -0.467 e. The van der Waals surface area contributed by atoms with Crippen LogP contribution in [0.5, 0.6) is 0 Å². The molecule has 3 heterocycles. The second kappa shape index (κ2) is 7.28. The van der Waals surface area contributed by atoms with E-state index in [1.165, 1.54) is 28.6 Å². The number of amides is 1. The first-order valence-electron chi connectivity index (χ1n) is 8.60. The monoisotopic (exact) mass is 388 g/mol. The largest absolute Gasteiger partial charge is 0.467 e. The highest BCUT2D eigenvalue weighted by Gasteiger charge is 2.23. The molecule has 1 amide bonds. The molecule has 1 atom stereocenters. The van der Waals surface area contributed by atoms with Crippen molar-refractivity contribution >= 4 is 45.0 Å². The number of fused-ring (bicyclic) bond motifs is 3. The topological polar surface area (TPSA) is 94.0 Å². The van der Waals surface area contributed by atoms with Crippen molar-refractivity contribution in [1.82, 2.24) is 15.3 Å². The highest BCUT2D eigenvalue weighted by molar-refractivity contribution is 7.99. The van der Waals surface area contributed by atoms with Crippen molar-refractivity contribution in [3.63, 3.8) is 0 Å². The number of nitrogens with one attached hydrogen (secondary N) is 1. The first kappa shape index (κ1) is 17.4. The summed E-state index contributed by atoms with van der Waals surface area (Å²) in [5.74, 6) is 2.11. The molecule has 0 bridgehead atoms. The lowest BCUT2D eigenvalue weighted by Crippen LogP contribution is -2.24. The molecule has 136 valence electrons. The molecule has 0 saturated heterocycles. The summed E-state index contributed by atoms with van der Waals surface area (Å²) < 4.78 is 5.20. The summed E-state index contributed by atoms with van der Waals surface area (Å²) in [4.78, 5) is 23.4. The number of hydrogen-bond donors (Lipinski definition) is 2. The lowest BCUT2D eigenvalue weighted by molar-refractivity contribution is -0.118. The van der Waals surface area contributed by atoms with E-state index in [1.807, 2.05) is 6.07 Å². The molecule has 3 N–H and O–H groups in total. The zero-order chi connectivity index (χ0) is 18.1. The lowest BCUT2D eigenvalue weighted by atomic mass is 9.89. The van der Waals surface area contributed by atoms with Crippen molar-refractivity contribution in [2.24, 2.45) is 5.92 Å². The molecular formula is C18H20N4O2S2. The number of nitrogens with two attached hydrogens (primary N) is 1. The summed E-state index contributed by atoms with van der Waals surface area (Å²) in [7, 11) is 0. The van der Waals surface area contributed by atoms with E-state index in [9.17, 15) is 4.79 Å². The van der Waals surface area contributed by atoms with Gasteiger partial charge in [-0.2, -0.15) is 0 Å². The van der Waals surface area contributed by atoms with Crippen LogP contribution >= 0.6 is 23.1 Å². The minimum absolute atomic E-state index is 0.0898. The summed E-state index contributed by atoms with van der Waals surface area (Å²) in [6, 6.07) is 3.62. The zero-order valence-electron chi connectivity index (χ0n) is 14.4. The zero-order valence-corrected chi connectivity index (χ0v) is 16.1. The molecule has 1 aliphatic carbocycles. The fraction of sp³-hybridized carbons (Fsp3) is 0.389. The number of thiophene rings is 1. The molecule has 0 fully saturated rings. The maximum Gasteiger partial charge on any atom is 0.230 e. The van der Waals surface area contributed by atoms with Crippen LogP contribution in [0.2, 0.25) is 0 Å². The van der Waals surface area contributed by atoms with E-state index >= 15 is 0 Å². The third-order valence-corrected chi connectivity index (χ3v) is 6.53. The average molecular weight is 389 g/mol. The maximum absolute atomic E-state index is 12.0. The summed E-state index contributed by atoms with van der Waals surface area (Å²) in [6.45, 7) is 2.66. The number of anilines is 1. The number of carbonyl (C=O) groups excluding carboxylic acids is 1. The Morgan fingerprint density at radius 1 is 1.50 bits per heavy atom. The Bertz CT molecular complexity index is 936. The number of aromatic nitrogens is 2. The second-order valence-corrected chi connectivity index (χ2v) is 8.59. The van der Waals surface area contributed by atoms with Gasteiger partial charge in [0.15, 0.2) is 5.16 Å². The van der Waals surface area contributed by atoms with Crippen LogP contribution in [0.3, 0.4) is 0 Å². The number of rotatable bonds is 5. The van der Waals surface area contributed by atoms with Gasteiger partial charge < -0.3 is 15.5 Å². The van der Waals surface area contributed by atoms with Gasteiger partial charge in [-0.25, -0.2) is 9.97 Å². The van der Waals surface area contributed by atoms with E-state index in [-0.39, 0.29) is 11.7 Å². The van der Waals surface area contributed by atoms with Crippen LogP contribution in [-0.4, -0.2) is 21.6 Å². The predicted octanol–water partition coefficient (Wildman–Crippen LogP) is 3.40. The van der Waals surface area contributed by atoms with Gasteiger partial charge in [-0.15, -0.1) is 11.3 Å². The number of nitrogens with zero attached hydrogens (tertiary/aromatic N) is 2. The van der Waals surface area contributed by atoms with Gasteiger partial charge in [-0.3, -0.25) is 4.79 Å². The molecular weight excluding hydrogens is 368 g/mol. The quantitative estimate of drug-likeness (QED) is 0.514. The number of hydrogen-bond acceptors (Lipinski definition) is 7. The van der Waals surface area contributed by atoms with Crippen molar-refractivity contribution in [1.29, 1.82) is 0 Å². The molecule has 8 heteroatoms. The molecule has 4 rings (SSSR count). The van der Waals surface area contributed by atoms with Crippen LogP contribution < -0.4 is 11.1 Å². The van der Waals surface area contributed by atoms with Gasteiger partial charge in [0.05, 0.1) is 23.9 Å². The average Bonchev–Trinajstić information content (AvgIpc) is 3.24. The van der Waals surface area contributed by atoms with Crippen molar-refractivity contribution in [2.75, 3.05) is 11.5 Å². The lowest BCUT2D eigenvalue weighted by Gasteiger charge is -2.17. The van der Waals surface area contributed by atoms with Crippen LogP contribution in [0.1, 0.15) is 29.5 Å². The van der Waals surface area contributed by atoms with Gasteiger partial charge in [-0.1, -0.05) is 18.7 Å². The van der Waals surface area contributed by atoms with E-state index in [4.69, 9.17) is 10.2 Å². The standard InChI is InChI=1S/C18H20N4O2S2/c1-10-4-5-12-13(7-10)26-17-15(12)16(19)21-18(22-17)25-9-14(23)20-8-11-3-2-6-24-11/h2-3,6,10H,4-5,7-9H2,1H3,(H,20,23)(H2,19,21,22)/t10-/m0/s1. The van der Waals surface area contributed by atoms with Crippen LogP contribution in [0.25, 0.3) is 10.2 Å². The van der Waals surface area contributed by atoms with Gasteiger partial charge in [0, 0.05) is 4.88 Å². The van der Waals surface area contributed by atoms with Crippen LogP contribution in [0.4, 0.5) is 5.82 Å². The minimum atomic E-state index is -0.0898. The van der Waals surface area contributed by atoms with E-state index in [0.717, 1.165) is 28.8 Å².